The molecule has 2 N–H and O–H groups in total. The van der Waals surface area contributed by atoms with Crippen LogP contribution in [0.5, 0.6) is 0 Å². The maximum Gasteiger partial charge on any atom is 0.252 e. The van der Waals surface area contributed by atoms with E-state index < -0.39 is 17.2 Å². The van der Waals surface area contributed by atoms with E-state index in [2.05, 4.69) is 16.3 Å². The van der Waals surface area contributed by atoms with Gasteiger partial charge in [-0.2, -0.15) is 0 Å². The molecule has 1 fully saturated rings. The van der Waals surface area contributed by atoms with E-state index >= 15 is 0 Å². The number of carbonyl (C=O) groups is 1. The summed E-state index contributed by atoms with van der Waals surface area (Å²) < 4.78 is 0. The smallest absolute Gasteiger partial charge is 0.252 e. The highest BCUT2D eigenvalue weighted by Gasteiger charge is 2.70. The average molecular weight is 356 g/mol. The minimum absolute atomic E-state index is 0.350. The van der Waals surface area contributed by atoms with E-state index in [1.54, 1.807) is 0 Å². The maximum atomic E-state index is 12.8. The lowest BCUT2D eigenvalue weighted by Crippen LogP contribution is -2.58. The fourth-order valence-corrected chi connectivity index (χ4v) is 4.85. The predicted molar refractivity (Wildman–Crippen MR) is 105 cm³/mol. The van der Waals surface area contributed by atoms with Crippen molar-refractivity contribution in [2.24, 2.45) is 0 Å². The van der Waals surface area contributed by atoms with Crippen molar-refractivity contribution in [2.45, 2.75) is 24.1 Å². The zero-order chi connectivity index (χ0) is 18.6. The van der Waals surface area contributed by atoms with Gasteiger partial charge in [-0.1, -0.05) is 66.7 Å². The monoisotopic (exact) mass is 356 g/mol. The molecule has 0 radical (unpaired) electrons. The Kier molecular flexibility index (Phi) is 3.24. The van der Waals surface area contributed by atoms with E-state index in [0.29, 0.717) is 0 Å². The van der Waals surface area contributed by atoms with E-state index in [1.807, 2.05) is 85.8 Å². The van der Waals surface area contributed by atoms with E-state index in [9.17, 15) is 9.90 Å². The molecule has 0 spiro atoms. The van der Waals surface area contributed by atoms with Crippen LogP contribution >= 0.6 is 0 Å². The van der Waals surface area contributed by atoms with Crippen LogP contribution in [-0.4, -0.2) is 17.1 Å². The third-order valence-electron chi connectivity index (χ3n) is 6.10. The number of aliphatic hydroxyl groups excluding tert-OH is 1. The number of fused-ring (bicyclic) bond motifs is 3. The molecule has 0 aromatic heterocycles. The Morgan fingerprint density at radius 2 is 1.48 bits per heavy atom. The molecular formula is C23H20N2O2. The molecular weight excluding hydrogens is 336 g/mol. The Morgan fingerprint density at radius 1 is 0.889 bits per heavy atom. The summed E-state index contributed by atoms with van der Waals surface area (Å²) in [7, 11) is 0. The normalized spacial score (nSPS) is 28.6. The van der Waals surface area contributed by atoms with Crippen molar-refractivity contribution in [2.75, 3.05) is 4.90 Å². The molecule has 2 aliphatic rings. The van der Waals surface area contributed by atoms with Crippen molar-refractivity contribution in [3.63, 3.8) is 0 Å². The summed E-state index contributed by atoms with van der Waals surface area (Å²) in [6, 6.07) is 27.9. The van der Waals surface area contributed by atoms with Crippen molar-refractivity contribution in [3.8, 4) is 0 Å². The summed E-state index contributed by atoms with van der Waals surface area (Å²) in [6.07, 6.45) is -1.15. The highest BCUT2D eigenvalue weighted by Crippen LogP contribution is 2.61. The largest absolute Gasteiger partial charge is 0.382 e. The van der Waals surface area contributed by atoms with Gasteiger partial charge in [0.2, 0.25) is 0 Å². The molecule has 3 atom stereocenters. The van der Waals surface area contributed by atoms with Crippen LogP contribution in [0.15, 0.2) is 84.9 Å². The summed E-state index contributed by atoms with van der Waals surface area (Å²) in [5.74, 6) is -0.350. The van der Waals surface area contributed by atoms with Crippen LogP contribution in [0.3, 0.4) is 0 Å². The topological polar surface area (TPSA) is 52.6 Å². The second-order valence-electron chi connectivity index (χ2n) is 7.36. The molecule has 0 saturated carbocycles. The zero-order valence-corrected chi connectivity index (χ0v) is 15.0. The fourth-order valence-electron chi connectivity index (χ4n) is 4.85. The molecule has 1 saturated heterocycles. The fraction of sp³-hybridized carbons (Fsp3) is 0.174. The lowest BCUT2D eigenvalue weighted by molar-refractivity contribution is -0.127. The number of amides is 1. The van der Waals surface area contributed by atoms with Gasteiger partial charge in [0.25, 0.3) is 5.91 Å². The third kappa shape index (κ3) is 1.83. The van der Waals surface area contributed by atoms with Crippen molar-refractivity contribution in [3.05, 3.63) is 96.1 Å². The first-order chi connectivity index (χ1) is 13.1. The van der Waals surface area contributed by atoms with Gasteiger partial charge < -0.3 is 15.3 Å². The van der Waals surface area contributed by atoms with E-state index in [4.69, 9.17) is 0 Å². The molecule has 4 heteroatoms. The summed E-state index contributed by atoms with van der Waals surface area (Å²) in [5.41, 5.74) is 2.12. The van der Waals surface area contributed by atoms with Crippen LogP contribution in [0.25, 0.3) is 0 Å². The van der Waals surface area contributed by atoms with Gasteiger partial charge in [0, 0.05) is 11.4 Å². The molecule has 0 aliphatic carbocycles. The highest BCUT2D eigenvalue weighted by molar-refractivity contribution is 5.94. The van der Waals surface area contributed by atoms with Gasteiger partial charge in [0.15, 0.2) is 5.66 Å². The van der Waals surface area contributed by atoms with Crippen LogP contribution in [0, 0.1) is 0 Å². The van der Waals surface area contributed by atoms with Crippen LogP contribution in [0.1, 0.15) is 18.1 Å². The Bertz CT molecular complexity index is 1020. The lowest BCUT2D eigenvalue weighted by atomic mass is 9.70. The number of aliphatic hydroxyl groups is 1. The first-order valence-corrected chi connectivity index (χ1v) is 9.11. The van der Waals surface area contributed by atoms with Gasteiger partial charge in [-0.15, -0.1) is 0 Å². The van der Waals surface area contributed by atoms with Crippen molar-refractivity contribution in [1.82, 2.24) is 5.32 Å². The molecule has 0 bridgehead atoms. The quantitative estimate of drug-likeness (QED) is 0.740. The molecule has 5 rings (SSSR count). The Balaban J connectivity index is 1.90. The second kappa shape index (κ2) is 5.44. The molecule has 2 heterocycles. The second-order valence-corrected chi connectivity index (χ2v) is 7.36. The maximum absolute atomic E-state index is 12.8. The Hall–Kier alpha value is -3.11. The number of benzene rings is 3. The number of hydrogen-bond acceptors (Lipinski definition) is 3. The zero-order valence-electron chi connectivity index (χ0n) is 15.0. The summed E-state index contributed by atoms with van der Waals surface area (Å²) >= 11 is 0. The number of hydrogen-bond donors (Lipinski definition) is 2. The number of carbonyl (C=O) groups excluding carboxylic acids is 1. The number of para-hydroxylation sites is 2. The molecule has 2 aliphatic heterocycles. The van der Waals surface area contributed by atoms with Crippen molar-refractivity contribution in [1.29, 1.82) is 0 Å². The Morgan fingerprint density at radius 3 is 2.19 bits per heavy atom. The molecule has 0 unspecified atom stereocenters. The first-order valence-electron chi connectivity index (χ1n) is 9.11. The molecule has 27 heavy (non-hydrogen) atoms. The van der Waals surface area contributed by atoms with Crippen molar-refractivity contribution >= 4 is 17.3 Å². The molecule has 3 aromatic carbocycles. The van der Waals surface area contributed by atoms with Crippen LogP contribution in [0.4, 0.5) is 11.4 Å². The van der Waals surface area contributed by atoms with E-state index in [0.717, 1.165) is 22.5 Å². The standard InChI is InChI=1S/C23H20N2O2/c1-22-18-14-8-9-15-19(18)25(17-12-6-3-7-13-17)23(22,24-21(27)20(22)26)16-10-4-2-5-11-16/h2-15,20,26H,1H3,(H,24,27)/t20-,22-,23+/m1/s1. The SMILES string of the molecule is C[C@]12c3ccccc3N(c3ccccc3)[C@]1(c1ccccc1)NC(=O)[C@H]2O. The first kappa shape index (κ1) is 16.1. The third-order valence-corrected chi connectivity index (χ3v) is 6.10. The molecule has 3 aromatic rings. The van der Waals surface area contributed by atoms with Gasteiger partial charge in [0.05, 0.1) is 5.41 Å². The summed E-state index contributed by atoms with van der Waals surface area (Å²) in [4.78, 5) is 14.9. The number of nitrogens with one attached hydrogen (secondary N) is 1. The summed E-state index contributed by atoms with van der Waals surface area (Å²) in [5, 5.41) is 14.2. The van der Waals surface area contributed by atoms with Gasteiger partial charge in [0.1, 0.15) is 6.10 Å². The van der Waals surface area contributed by atoms with Gasteiger partial charge in [-0.25, -0.2) is 0 Å². The van der Waals surface area contributed by atoms with Crippen LogP contribution in [0.2, 0.25) is 0 Å². The summed E-state index contributed by atoms with van der Waals surface area (Å²) in [6.45, 7) is 1.98. The van der Waals surface area contributed by atoms with Crippen molar-refractivity contribution < 1.29 is 9.90 Å². The van der Waals surface area contributed by atoms with E-state index in [1.165, 1.54) is 0 Å². The Labute approximate surface area is 158 Å². The van der Waals surface area contributed by atoms with E-state index in [-0.39, 0.29) is 5.91 Å². The van der Waals surface area contributed by atoms with Crippen LogP contribution in [-0.2, 0) is 15.9 Å². The van der Waals surface area contributed by atoms with Gasteiger partial charge in [-0.3, -0.25) is 4.79 Å². The number of nitrogens with zero attached hydrogens (tertiary/aromatic N) is 1. The predicted octanol–water partition coefficient (Wildman–Crippen LogP) is 3.44. The molecule has 4 nitrogen and oxygen atoms in total. The number of anilines is 2. The minimum atomic E-state index is -1.15. The molecule has 1 amide bonds. The average Bonchev–Trinajstić information content (AvgIpc) is 3.07. The van der Waals surface area contributed by atoms with Gasteiger partial charge in [-0.05, 0) is 36.2 Å². The highest BCUT2D eigenvalue weighted by atomic mass is 16.3. The minimum Gasteiger partial charge on any atom is -0.382 e. The van der Waals surface area contributed by atoms with Crippen LogP contribution < -0.4 is 10.2 Å². The molecule has 134 valence electrons. The number of rotatable bonds is 2. The lowest BCUT2D eigenvalue weighted by Gasteiger charge is -2.45. The van der Waals surface area contributed by atoms with Gasteiger partial charge >= 0.3 is 0 Å².